The van der Waals surface area contributed by atoms with Crippen molar-refractivity contribution in [2.75, 3.05) is 13.2 Å². The highest BCUT2D eigenvalue weighted by atomic mass is 16.5. The Morgan fingerprint density at radius 3 is 1.34 bits per heavy atom. The third-order valence-corrected chi connectivity index (χ3v) is 11.4. The van der Waals surface area contributed by atoms with E-state index in [-0.39, 0.29) is 18.5 Å². The Hall–Kier alpha value is -2.18. The molecular weight excluding hydrogens is 731 g/mol. The van der Waals surface area contributed by atoms with Crippen LogP contribution in [0.5, 0.6) is 0 Å². The third-order valence-electron chi connectivity index (χ3n) is 11.4. The maximum absolute atomic E-state index is 12.4. The lowest BCUT2D eigenvalue weighted by Gasteiger charge is -2.22. The first-order valence-electron chi connectivity index (χ1n) is 25.4. The van der Waals surface area contributed by atoms with E-state index in [1.165, 1.54) is 154 Å². The first kappa shape index (κ1) is 56.8. The van der Waals surface area contributed by atoms with Gasteiger partial charge in [0.05, 0.1) is 25.4 Å². The van der Waals surface area contributed by atoms with E-state index in [0.29, 0.717) is 32.3 Å². The van der Waals surface area contributed by atoms with Crippen molar-refractivity contribution < 1.29 is 24.5 Å². The third kappa shape index (κ3) is 45.2. The number of nitrogens with one attached hydrogen (secondary N) is 1. The molecule has 6 heteroatoms. The van der Waals surface area contributed by atoms with Crippen molar-refractivity contribution in [2.24, 2.45) is 0 Å². The molecule has 0 radical (unpaired) electrons. The molecule has 0 spiro atoms. The van der Waals surface area contributed by atoms with Gasteiger partial charge in [-0.25, -0.2) is 0 Å². The van der Waals surface area contributed by atoms with Crippen molar-refractivity contribution in [1.29, 1.82) is 0 Å². The Morgan fingerprint density at radius 1 is 0.475 bits per heavy atom. The molecule has 0 rings (SSSR count). The van der Waals surface area contributed by atoms with Gasteiger partial charge in [-0.05, 0) is 77.0 Å². The van der Waals surface area contributed by atoms with Crippen molar-refractivity contribution in [3.05, 3.63) is 48.6 Å². The molecule has 0 aromatic heterocycles. The topological polar surface area (TPSA) is 95.9 Å². The Labute approximate surface area is 366 Å². The van der Waals surface area contributed by atoms with Crippen LogP contribution in [0.3, 0.4) is 0 Å². The standard InChI is InChI=1S/C53H97NO5/c1-3-5-7-9-11-13-15-16-17-18-19-20-23-27-31-35-39-43-47-53(58)59-48-44-40-36-32-28-24-21-22-26-30-34-38-42-46-52(57)54-50(49-55)51(56)45-41-37-33-29-25-14-12-10-8-6-4-2/h13,15,17-18,22,26,34,38,50-51,55-56H,3-12,14,16,19-21,23-25,27-33,35-37,39-49H2,1-2H3,(H,54,57)/b15-13-,18-17-,26-22-,38-34-. The Bertz CT molecular complexity index is 1000. The molecule has 0 aliphatic heterocycles. The molecule has 3 N–H and O–H groups in total. The second-order valence-corrected chi connectivity index (χ2v) is 17.1. The molecule has 6 nitrogen and oxygen atoms in total. The fourth-order valence-corrected chi connectivity index (χ4v) is 7.42. The number of esters is 1. The normalized spacial score (nSPS) is 13.1. The summed E-state index contributed by atoms with van der Waals surface area (Å²) in [5.74, 6) is -0.144. The largest absolute Gasteiger partial charge is 0.466 e. The molecule has 0 saturated heterocycles. The van der Waals surface area contributed by atoms with Crippen molar-refractivity contribution in [3.8, 4) is 0 Å². The van der Waals surface area contributed by atoms with Gasteiger partial charge in [-0.3, -0.25) is 9.59 Å². The molecule has 0 bridgehead atoms. The molecule has 0 fully saturated rings. The smallest absolute Gasteiger partial charge is 0.305 e. The second-order valence-electron chi connectivity index (χ2n) is 17.1. The Kier molecular flexibility index (Phi) is 46.7. The molecular formula is C53H97NO5. The van der Waals surface area contributed by atoms with E-state index >= 15 is 0 Å². The minimum atomic E-state index is -0.698. The summed E-state index contributed by atoms with van der Waals surface area (Å²) in [6.45, 7) is 4.84. The van der Waals surface area contributed by atoms with Crippen LogP contribution in [0.15, 0.2) is 48.6 Å². The summed E-state index contributed by atoms with van der Waals surface area (Å²) in [6.07, 6.45) is 59.5. The molecule has 2 unspecified atom stereocenters. The maximum Gasteiger partial charge on any atom is 0.305 e. The van der Waals surface area contributed by atoms with E-state index in [4.69, 9.17) is 4.74 Å². The highest BCUT2D eigenvalue weighted by Crippen LogP contribution is 2.15. The Balaban J connectivity index is 3.54. The van der Waals surface area contributed by atoms with Crippen LogP contribution in [0.4, 0.5) is 0 Å². The van der Waals surface area contributed by atoms with Crippen LogP contribution in [0.2, 0.25) is 0 Å². The van der Waals surface area contributed by atoms with Crippen molar-refractivity contribution in [1.82, 2.24) is 5.32 Å². The first-order valence-corrected chi connectivity index (χ1v) is 25.4. The number of hydrogen-bond donors (Lipinski definition) is 3. The summed E-state index contributed by atoms with van der Waals surface area (Å²) in [5, 5.41) is 23.0. The average molecular weight is 828 g/mol. The SMILES string of the molecule is CCCCCC/C=C\C/C=C\CCCCCCCCCC(=O)OCCCCCCCC/C=C\C/C=C\CCC(=O)NC(CO)C(O)CCCCCCCCCCCCC. The molecule has 344 valence electrons. The van der Waals surface area contributed by atoms with Gasteiger partial charge in [0, 0.05) is 12.8 Å². The van der Waals surface area contributed by atoms with Gasteiger partial charge in [0.1, 0.15) is 0 Å². The van der Waals surface area contributed by atoms with Gasteiger partial charge >= 0.3 is 5.97 Å². The average Bonchev–Trinajstić information content (AvgIpc) is 3.24. The minimum absolute atomic E-state index is 0.0254. The number of aliphatic hydroxyl groups excluding tert-OH is 2. The highest BCUT2D eigenvalue weighted by Gasteiger charge is 2.19. The molecule has 59 heavy (non-hydrogen) atoms. The van der Waals surface area contributed by atoms with Crippen LogP contribution in [0, 0.1) is 0 Å². The molecule has 2 atom stereocenters. The predicted molar refractivity (Wildman–Crippen MR) is 255 cm³/mol. The first-order chi connectivity index (χ1) is 29.0. The number of carbonyl (C=O) groups excluding carboxylic acids is 2. The lowest BCUT2D eigenvalue weighted by molar-refractivity contribution is -0.143. The van der Waals surface area contributed by atoms with Crippen LogP contribution < -0.4 is 5.32 Å². The summed E-state index contributed by atoms with van der Waals surface area (Å²) in [4.78, 5) is 24.4. The zero-order valence-electron chi connectivity index (χ0n) is 39.0. The van der Waals surface area contributed by atoms with Crippen LogP contribution in [-0.4, -0.2) is 47.4 Å². The molecule has 1 amide bonds. The number of unbranched alkanes of at least 4 members (excludes halogenated alkanes) is 27. The number of rotatable bonds is 46. The van der Waals surface area contributed by atoms with Gasteiger partial charge in [-0.2, -0.15) is 0 Å². The molecule has 0 aromatic rings. The Morgan fingerprint density at radius 2 is 0.864 bits per heavy atom. The van der Waals surface area contributed by atoms with E-state index in [9.17, 15) is 19.8 Å². The van der Waals surface area contributed by atoms with E-state index in [0.717, 1.165) is 57.8 Å². The van der Waals surface area contributed by atoms with Crippen LogP contribution in [0.1, 0.15) is 251 Å². The highest BCUT2D eigenvalue weighted by molar-refractivity contribution is 5.76. The molecule has 0 aliphatic rings. The van der Waals surface area contributed by atoms with Gasteiger partial charge in [-0.1, -0.05) is 210 Å². The zero-order valence-corrected chi connectivity index (χ0v) is 39.0. The van der Waals surface area contributed by atoms with Gasteiger partial charge in [-0.15, -0.1) is 0 Å². The van der Waals surface area contributed by atoms with Crippen molar-refractivity contribution in [2.45, 2.75) is 264 Å². The van der Waals surface area contributed by atoms with E-state index in [2.05, 4.69) is 61.7 Å². The number of ether oxygens (including phenoxy) is 1. The summed E-state index contributed by atoms with van der Waals surface area (Å²) < 4.78 is 5.45. The van der Waals surface area contributed by atoms with Gasteiger partial charge in [0.25, 0.3) is 0 Å². The van der Waals surface area contributed by atoms with Gasteiger partial charge < -0.3 is 20.3 Å². The van der Waals surface area contributed by atoms with Crippen LogP contribution >= 0.6 is 0 Å². The molecule has 0 saturated carbocycles. The molecule has 0 heterocycles. The number of allylic oxidation sites excluding steroid dienone is 8. The second kappa shape index (κ2) is 48.5. The lowest BCUT2D eigenvalue weighted by Crippen LogP contribution is -2.45. The van der Waals surface area contributed by atoms with Gasteiger partial charge in [0.2, 0.25) is 5.91 Å². The van der Waals surface area contributed by atoms with Crippen LogP contribution in [-0.2, 0) is 14.3 Å². The van der Waals surface area contributed by atoms with Crippen LogP contribution in [0.25, 0.3) is 0 Å². The fourth-order valence-electron chi connectivity index (χ4n) is 7.42. The summed E-state index contributed by atoms with van der Waals surface area (Å²) in [5.41, 5.74) is 0. The summed E-state index contributed by atoms with van der Waals surface area (Å²) >= 11 is 0. The van der Waals surface area contributed by atoms with Crippen molar-refractivity contribution >= 4 is 11.9 Å². The molecule has 0 aromatic carbocycles. The van der Waals surface area contributed by atoms with Crippen molar-refractivity contribution in [3.63, 3.8) is 0 Å². The number of aliphatic hydroxyl groups is 2. The predicted octanol–water partition coefficient (Wildman–Crippen LogP) is 15.1. The summed E-state index contributed by atoms with van der Waals surface area (Å²) in [7, 11) is 0. The lowest BCUT2D eigenvalue weighted by atomic mass is 10.0. The fraction of sp³-hybridized carbons (Fsp3) is 0.811. The monoisotopic (exact) mass is 828 g/mol. The number of amides is 1. The maximum atomic E-state index is 12.4. The van der Waals surface area contributed by atoms with E-state index in [1.54, 1.807) is 0 Å². The molecule has 0 aliphatic carbocycles. The number of carbonyl (C=O) groups is 2. The quantitative estimate of drug-likeness (QED) is 0.0323. The summed E-state index contributed by atoms with van der Waals surface area (Å²) in [6, 6.07) is -0.585. The zero-order chi connectivity index (χ0) is 43.0. The number of hydrogen-bond acceptors (Lipinski definition) is 5. The van der Waals surface area contributed by atoms with E-state index in [1.807, 2.05) is 6.08 Å². The van der Waals surface area contributed by atoms with Gasteiger partial charge in [0.15, 0.2) is 0 Å². The minimum Gasteiger partial charge on any atom is -0.466 e. The van der Waals surface area contributed by atoms with E-state index < -0.39 is 12.1 Å².